The molecule has 2 aromatic carbocycles. The maximum atomic E-state index is 13.1. The quantitative estimate of drug-likeness (QED) is 0.418. The highest BCUT2D eigenvalue weighted by Crippen LogP contribution is 2.24. The third-order valence-electron chi connectivity index (χ3n) is 4.04. The van der Waals surface area contributed by atoms with E-state index in [0.717, 1.165) is 5.56 Å². The van der Waals surface area contributed by atoms with Crippen LogP contribution in [-0.2, 0) is 5.75 Å². The van der Waals surface area contributed by atoms with Gasteiger partial charge in [-0.1, -0.05) is 35.5 Å². The third-order valence-corrected chi connectivity index (χ3v) is 5.30. The molecule has 1 N–H and O–H groups in total. The van der Waals surface area contributed by atoms with Crippen molar-refractivity contribution in [3.8, 4) is 5.69 Å². The van der Waals surface area contributed by atoms with E-state index in [1.165, 1.54) is 11.8 Å². The molecule has 27 heavy (non-hydrogen) atoms. The summed E-state index contributed by atoms with van der Waals surface area (Å²) in [5.74, 6) is 0.516. The molecule has 0 aliphatic carbocycles. The minimum atomic E-state index is -0.158. The molecule has 0 amide bonds. The molecule has 0 saturated carbocycles. The number of pyridine rings is 1. The van der Waals surface area contributed by atoms with Gasteiger partial charge in [0.15, 0.2) is 5.16 Å². The van der Waals surface area contributed by atoms with Gasteiger partial charge in [-0.3, -0.25) is 14.2 Å². The number of nitrogens with one attached hydrogen (secondary N) is 1. The Morgan fingerprint density at radius 1 is 1.04 bits per heavy atom. The van der Waals surface area contributed by atoms with Gasteiger partial charge in [0.25, 0.3) is 5.56 Å². The summed E-state index contributed by atoms with van der Waals surface area (Å²) < 4.78 is 1.58. The maximum absolute atomic E-state index is 13.1. The maximum Gasteiger partial charge on any atom is 0.266 e. The number of halogens is 1. The molecule has 2 aromatic heterocycles. The lowest BCUT2D eigenvalue weighted by molar-refractivity contribution is 0.819. The number of aromatic amines is 1. The number of rotatable bonds is 4. The van der Waals surface area contributed by atoms with Crippen LogP contribution in [0.5, 0.6) is 0 Å². The molecule has 0 saturated heterocycles. The van der Waals surface area contributed by atoms with Gasteiger partial charge in [-0.2, -0.15) is 0 Å². The van der Waals surface area contributed by atoms with E-state index in [-0.39, 0.29) is 11.1 Å². The van der Waals surface area contributed by atoms with Crippen molar-refractivity contribution < 1.29 is 0 Å². The first kappa shape index (κ1) is 17.6. The fourth-order valence-electron chi connectivity index (χ4n) is 2.75. The summed E-state index contributed by atoms with van der Waals surface area (Å²) >= 11 is 7.39. The Labute approximate surface area is 163 Å². The zero-order valence-corrected chi connectivity index (χ0v) is 15.6. The van der Waals surface area contributed by atoms with Crippen molar-refractivity contribution >= 4 is 34.3 Å². The Balaban J connectivity index is 1.84. The molecule has 0 radical (unpaired) electrons. The summed E-state index contributed by atoms with van der Waals surface area (Å²) in [7, 11) is 0. The third kappa shape index (κ3) is 3.67. The van der Waals surface area contributed by atoms with Crippen LogP contribution in [0.3, 0.4) is 0 Å². The average molecular weight is 396 g/mol. The van der Waals surface area contributed by atoms with Crippen LogP contribution in [0.2, 0.25) is 5.02 Å². The molecular formula is C20H14ClN3O2S. The van der Waals surface area contributed by atoms with Crippen molar-refractivity contribution in [2.45, 2.75) is 10.9 Å². The van der Waals surface area contributed by atoms with Gasteiger partial charge in [-0.15, -0.1) is 0 Å². The highest BCUT2D eigenvalue weighted by atomic mass is 35.5. The number of thioether (sulfide) groups is 1. The number of fused-ring (bicyclic) bond motifs is 1. The number of aromatic nitrogens is 3. The van der Waals surface area contributed by atoms with Gasteiger partial charge in [0.1, 0.15) is 0 Å². The van der Waals surface area contributed by atoms with E-state index in [9.17, 15) is 9.59 Å². The first-order chi connectivity index (χ1) is 13.1. The van der Waals surface area contributed by atoms with Crippen molar-refractivity contribution in [3.63, 3.8) is 0 Å². The summed E-state index contributed by atoms with van der Waals surface area (Å²) in [6, 6.07) is 17.7. The Morgan fingerprint density at radius 2 is 1.81 bits per heavy atom. The molecule has 0 fully saturated rings. The number of hydrogen-bond acceptors (Lipinski definition) is 4. The molecule has 0 atom stereocenters. The molecule has 7 heteroatoms. The van der Waals surface area contributed by atoms with Gasteiger partial charge in [-0.25, -0.2) is 4.98 Å². The van der Waals surface area contributed by atoms with Crippen molar-refractivity contribution in [1.29, 1.82) is 0 Å². The van der Waals surface area contributed by atoms with Gasteiger partial charge in [0, 0.05) is 23.0 Å². The molecule has 134 valence electrons. The van der Waals surface area contributed by atoms with Crippen molar-refractivity contribution in [2.24, 2.45) is 0 Å². The largest absolute Gasteiger partial charge is 0.329 e. The number of hydrogen-bond donors (Lipinski definition) is 1. The van der Waals surface area contributed by atoms with Crippen molar-refractivity contribution in [2.75, 3.05) is 0 Å². The summed E-state index contributed by atoms with van der Waals surface area (Å²) in [6.07, 6.45) is 1.61. The molecule has 0 spiro atoms. The zero-order chi connectivity index (χ0) is 18.8. The standard InChI is InChI=1S/C20H14ClN3O2S/c21-14-5-7-15(8-6-14)24-19(26)16-3-1-2-4-17(16)23-20(24)27-12-13-9-10-22-18(25)11-13/h1-11H,12H2,(H,22,25). The molecule has 4 rings (SSSR count). The van der Waals surface area contributed by atoms with Crippen LogP contribution in [0, 0.1) is 0 Å². The van der Waals surface area contributed by atoms with Crippen molar-refractivity contribution in [3.05, 3.63) is 98.2 Å². The minimum absolute atomic E-state index is 0.142. The van der Waals surface area contributed by atoms with Crippen LogP contribution in [0.25, 0.3) is 16.6 Å². The van der Waals surface area contributed by atoms with Crippen LogP contribution in [0.4, 0.5) is 0 Å². The van der Waals surface area contributed by atoms with Crippen LogP contribution >= 0.6 is 23.4 Å². The van der Waals surface area contributed by atoms with E-state index >= 15 is 0 Å². The van der Waals surface area contributed by atoms with Gasteiger partial charge in [0.05, 0.1) is 16.6 Å². The molecule has 5 nitrogen and oxygen atoms in total. The lowest BCUT2D eigenvalue weighted by Gasteiger charge is -2.13. The van der Waals surface area contributed by atoms with E-state index in [0.29, 0.717) is 32.5 Å². The zero-order valence-electron chi connectivity index (χ0n) is 14.1. The number of para-hydroxylation sites is 1. The summed E-state index contributed by atoms with van der Waals surface area (Å²) in [5, 5.41) is 1.70. The van der Waals surface area contributed by atoms with Gasteiger partial charge in [-0.05, 0) is 48.0 Å². The van der Waals surface area contributed by atoms with Crippen LogP contribution in [0.1, 0.15) is 5.56 Å². The highest BCUT2D eigenvalue weighted by molar-refractivity contribution is 7.98. The first-order valence-electron chi connectivity index (χ1n) is 8.20. The van der Waals surface area contributed by atoms with E-state index in [1.807, 2.05) is 24.3 Å². The van der Waals surface area contributed by atoms with E-state index in [1.54, 1.807) is 47.2 Å². The van der Waals surface area contributed by atoms with Crippen LogP contribution < -0.4 is 11.1 Å². The van der Waals surface area contributed by atoms with Gasteiger partial charge >= 0.3 is 0 Å². The number of benzene rings is 2. The van der Waals surface area contributed by atoms with Crippen molar-refractivity contribution in [1.82, 2.24) is 14.5 Å². The highest BCUT2D eigenvalue weighted by Gasteiger charge is 2.13. The lowest BCUT2D eigenvalue weighted by Crippen LogP contribution is -2.21. The summed E-state index contributed by atoms with van der Waals surface area (Å²) in [5.41, 5.74) is 1.89. The van der Waals surface area contributed by atoms with Crippen LogP contribution in [0.15, 0.2) is 81.6 Å². The molecule has 4 aromatic rings. The summed E-state index contributed by atoms with van der Waals surface area (Å²) in [4.78, 5) is 31.9. The van der Waals surface area contributed by atoms with Crippen LogP contribution in [-0.4, -0.2) is 14.5 Å². The Bertz CT molecular complexity index is 1230. The number of nitrogens with zero attached hydrogens (tertiary/aromatic N) is 2. The lowest BCUT2D eigenvalue weighted by atomic mass is 10.2. The van der Waals surface area contributed by atoms with Gasteiger partial charge in [0.2, 0.25) is 5.56 Å². The second kappa shape index (κ2) is 7.42. The average Bonchev–Trinajstić information content (AvgIpc) is 2.68. The fourth-order valence-corrected chi connectivity index (χ4v) is 3.84. The van der Waals surface area contributed by atoms with Gasteiger partial charge < -0.3 is 4.98 Å². The normalized spacial score (nSPS) is 11.0. The predicted molar refractivity (Wildman–Crippen MR) is 109 cm³/mol. The second-order valence-electron chi connectivity index (χ2n) is 5.88. The molecule has 0 aliphatic rings. The molecule has 0 unspecified atom stereocenters. The molecule has 2 heterocycles. The van der Waals surface area contributed by atoms with E-state index in [4.69, 9.17) is 11.6 Å². The fraction of sp³-hybridized carbons (Fsp3) is 0.0500. The predicted octanol–water partition coefficient (Wildman–Crippen LogP) is 4.02. The molecule has 0 aliphatic heterocycles. The minimum Gasteiger partial charge on any atom is -0.329 e. The molecule has 0 bridgehead atoms. The molecular weight excluding hydrogens is 382 g/mol. The first-order valence-corrected chi connectivity index (χ1v) is 9.56. The second-order valence-corrected chi connectivity index (χ2v) is 7.26. The SMILES string of the molecule is O=c1cc(CSc2nc3ccccc3c(=O)n2-c2ccc(Cl)cc2)cc[nH]1. The Kier molecular flexibility index (Phi) is 4.83. The topological polar surface area (TPSA) is 67.8 Å². The van der Waals surface area contributed by atoms with E-state index in [2.05, 4.69) is 9.97 Å². The van der Waals surface area contributed by atoms with E-state index < -0.39 is 0 Å². The monoisotopic (exact) mass is 395 g/mol. The smallest absolute Gasteiger partial charge is 0.266 e. The number of H-pyrrole nitrogens is 1. The Hall–Kier alpha value is -2.83. The Morgan fingerprint density at radius 3 is 2.59 bits per heavy atom. The summed E-state index contributed by atoms with van der Waals surface area (Å²) in [6.45, 7) is 0.